The predicted molar refractivity (Wildman–Crippen MR) is 137 cm³/mol. The summed E-state index contributed by atoms with van der Waals surface area (Å²) < 4.78 is 0. The van der Waals surface area contributed by atoms with Crippen LogP contribution in [0, 0.1) is 46.3 Å². The van der Waals surface area contributed by atoms with Gasteiger partial charge in [0.05, 0.1) is 12.2 Å². The number of hydrogen-bond acceptors (Lipinski definition) is 4. The minimum Gasteiger partial charge on any atom is -0.393 e. The fraction of sp³-hybridized carbons (Fsp3) is 0.966. The van der Waals surface area contributed by atoms with E-state index in [0.717, 1.165) is 64.5 Å². The van der Waals surface area contributed by atoms with Gasteiger partial charge in [-0.3, -0.25) is 4.79 Å². The fourth-order valence-corrected chi connectivity index (χ4v) is 9.50. The molecule has 0 heterocycles. The number of carbonyl (C=O) groups is 1. The van der Waals surface area contributed by atoms with Gasteiger partial charge >= 0.3 is 0 Å². The van der Waals surface area contributed by atoms with E-state index in [-0.39, 0.29) is 28.9 Å². The number of carbonyl (C=O) groups excluding carboxylic acids is 1. The van der Waals surface area contributed by atoms with Gasteiger partial charge in [0.25, 0.3) is 0 Å². The minimum absolute atomic E-state index is 0.171. The third-order valence-electron chi connectivity index (χ3n) is 11.4. The molecule has 10 atom stereocenters. The monoisotopic (exact) mass is 476 g/mol. The van der Waals surface area contributed by atoms with Crippen LogP contribution < -0.4 is 11.1 Å². The normalized spacial score (nSPS) is 44.6. The van der Waals surface area contributed by atoms with Crippen LogP contribution in [0.1, 0.15) is 104 Å². The third-order valence-corrected chi connectivity index (χ3v) is 11.4. The van der Waals surface area contributed by atoms with Gasteiger partial charge in [0.2, 0.25) is 5.91 Å². The van der Waals surface area contributed by atoms with E-state index in [2.05, 4.69) is 26.1 Å². The molecule has 0 saturated heterocycles. The number of aliphatic hydroxyl groups excluding tert-OH is 2. The minimum atomic E-state index is -0.211. The van der Waals surface area contributed by atoms with E-state index < -0.39 is 0 Å². The van der Waals surface area contributed by atoms with Crippen LogP contribution in [-0.2, 0) is 4.79 Å². The van der Waals surface area contributed by atoms with E-state index in [1.165, 1.54) is 25.7 Å². The highest BCUT2D eigenvalue weighted by Crippen LogP contribution is 2.68. The zero-order chi connectivity index (χ0) is 24.5. The van der Waals surface area contributed by atoms with Crippen LogP contribution >= 0.6 is 0 Å². The van der Waals surface area contributed by atoms with Crippen molar-refractivity contribution in [2.45, 2.75) is 116 Å². The molecular weight excluding hydrogens is 424 g/mol. The molecule has 5 heteroatoms. The van der Waals surface area contributed by atoms with Crippen molar-refractivity contribution in [1.82, 2.24) is 5.32 Å². The molecule has 5 nitrogen and oxygen atoms in total. The van der Waals surface area contributed by atoms with Crippen LogP contribution in [0.2, 0.25) is 0 Å². The zero-order valence-electron chi connectivity index (χ0n) is 22.1. The molecule has 0 bridgehead atoms. The first kappa shape index (κ1) is 26.4. The smallest absolute Gasteiger partial charge is 0.220 e. The molecule has 4 rings (SSSR count). The van der Waals surface area contributed by atoms with E-state index in [0.29, 0.717) is 41.9 Å². The molecule has 4 aliphatic rings. The number of nitrogens with two attached hydrogens (primary N) is 1. The molecule has 0 radical (unpaired) electrons. The molecule has 0 spiro atoms. The van der Waals surface area contributed by atoms with Crippen LogP contribution in [0.4, 0.5) is 0 Å². The van der Waals surface area contributed by atoms with Gasteiger partial charge in [0, 0.05) is 13.0 Å². The first-order valence-electron chi connectivity index (χ1n) is 14.5. The Morgan fingerprint density at radius 3 is 2.50 bits per heavy atom. The molecule has 1 amide bonds. The SMILES string of the molecule is C[C@H](CCC(=O)NCCCCCN)[C@H]1CC[C@H]2[C@@H]3[C@H](O)C[C@@H]4C[C@H](O)CC[C@]4(C)[C@H]3CC[C@]12C. The maximum absolute atomic E-state index is 12.4. The molecule has 0 aromatic carbocycles. The van der Waals surface area contributed by atoms with Gasteiger partial charge in [-0.1, -0.05) is 27.2 Å². The van der Waals surface area contributed by atoms with Crippen molar-refractivity contribution in [3.05, 3.63) is 0 Å². The van der Waals surface area contributed by atoms with Crippen LogP contribution in [-0.4, -0.2) is 41.4 Å². The topological polar surface area (TPSA) is 95.6 Å². The zero-order valence-corrected chi connectivity index (χ0v) is 22.1. The predicted octanol–water partition coefficient (Wildman–Crippen LogP) is 4.64. The van der Waals surface area contributed by atoms with Crippen molar-refractivity contribution >= 4 is 5.91 Å². The average molecular weight is 477 g/mol. The number of hydrogen-bond donors (Lipinski definition) is 4. The Morgan fingerprint density at radius 1 is 1.00 bits per heavy atom. The van der Waals surface area contributed by atoms with Crippen molar-refractivity contribution in [3.63, 3.8) is 0 Å². The van der Waals surface area contributed by atoms with E-state index in [9.17, 15) is 15.0 Å². The largest absolute Gasteiger partial charge is 0.393 e. The number of fused-ring (bicyclic) bond motifs is 5. The maximum Gasteiger partial charge on any atom is 0.220 e. The lowest BCUT2D eigenvalue weighted by Gasteiger charge is -2.62. The molecular formula is C29H52N2O3. The van der Waals surface area contributed by atoms with Crippen molar-refractivity contribution < 1.29 is 15.0 Å². The highest BCUT2D eigenvalue weighted by Gasteiger charge is 2.62. The number of nitrogens with one attached hydrogen (secondary N) is 1. The highest BCUT2D eigenvalue weighted by molar-refractivity contribution is 5.75. The van der Waals surface area contributed by atoms with E-state index >= 15 is 0 Å². The molecule has 4 saturated carbocycles. The van der Waals surface area contributed by atoms with Gasteiger partial charge in [-0.05, 0) is 124 Å². The molecule has 196 valence electrons. The lowest BCUT2D eigenvalue weighted by atomic mass is 9.43. The summed E-state index contributed by atoms with van der Waals surface area (Å²) in [7, 11) is 0. The van der Waals surface area contributed by atoms with Gasteiger partial charge in [0.1, 0.15) is 0 Å². The van der Waals surface area contributed by atoms with Crippen molar-refractivity contribution in [2.75, 3.05) is 13.1 Å². The fourth-order valence-electron chi connectivity index (χ4n) is 9.50. The van der Waals surface area contributed by atoms with Gasteiger partial charge in [-0.2, -0.15) is 0 Å². The van der Waals surface area contributed by atoms with Gasteiger partial charge < -0.3 is 21.3 Å². The Kier molecular flexibility index (Phi) is 8.36. The lowest BCUT2D eigenvalue weighted by molar-refractivity contribution is -0.174. The maximum atomic E-state index is 12.4. The molecule has 4 aliphatic carbocycles. The summed E-state index contributed by atoms with van der Waals surface area (Å²) in [5.41, 5.74) is 6.12. The average Bonchev–Trinajstić information content (AvgIpc) is 3.15. The number of unbranched alkanes of at least 4 members (excludes halogenated alkanes) is 2. The first-order valence-corrected chi connectivity index (χ1v) is 14.5. The number of aliphatic hydroxyl groups is 2. The van der Waals surface area contributed by atoms with Gasteiger partial charge in [-0.25, -0.2) is 0 Å². The number of rotatable bonds is 9. The Labute approximate surface area is 208 Å². The molecule has 5 N–H and O–H groups in total. The highest BCUT2D eigenvalue weighted by atomic mass is 16.3. The third kappa shape index (κ3) is 4.95. The summed E-state index contributed by atoms with van der Waals surface area (Å²) in [6.45, 7) is 8.88. The summed E-state index contributed by atoms with van der Waals surface area (Å²) in [6, 6.07) is 0. The Balaban J connectivity index is 1.35. The summed E-state index contributed by atoms with van der Waals surface area (Å²) in [5.74, 6) is 3.50. The summed E-state index contributed by atoms with van der Waals surface area (Å²) in [6.07, 6.45) is 13.2. The first-order chi connectivity index (χ1) is 16.2. The number of amides is 1. The molecule has 34 heavy (non-hydrogen) atoms. The van der Waals surface area contributed by atoms with Crippen molar-refractivity contribution in [3.8, 4) is 0 Å². The molecule has 4 fully saturated rings. The quantitative estimate of drug-likeness (QED) is 0.365. The van der Waals surface area contributed by atoms with E-state index in [1.807, 2.05) is 0 Å². The summed E-state index contributed by atoms with van der Waals surface area (Å²) in [5, 5.41) is 24.8. The Bertz CT molecular complexity index is 701. The van der Waals surface area contributed by atoms with Crippen LogP contribution in [0.5, 0.6) is 0 Å². The Morgan fingerprint density at radius 2 is 1.74 bits per heavy atom. The van der Waals surface area contributed by atoms with Crippen molar-refractivity contribution in [2.24, 2.45) is 52.1 Å². The molecule has 0 aromatic heterocycles. The summed E-state index contributed by atoms with van der Waals surface area (Å²) in [4.78, 5) is 12.4. The van der Waals surface area contributed by atoms with E-state index in [1.54, 1.807) is 0 Å². The standard InChI is InChI=1S/C29H52N2O3/c1-19(7-10-26(34)31-16-6-4-5-15-30)22-8-9-23-27-24(12-14-29(22,23)3)28(2)13-11-21(32)17-20(28)18-25(27)33/h19-25,27,32-33H,4-18,30H2,1-3H3,(H,31,34)/t19-,20+,21-,22-,23+,24+,25-,27+,28+,29-/m1/s1. The second-order valence-electron chi connectivity index (χ2n) is 13.2. The Hall–Kier alpha value is -0.650. The van der Waals surface area contributed by atoms with Crippen LogP contribution in [0.15, 0.2) is 0 Å². The molecule has 0 aromatic rings. The molecule has 0 aliphatic heterocycles. The second kappa shape index (κ2) is 10.8. The summed E-state index contributed by atoms with van der Waals surface area (Å²) >= 11 is 0. The van der Waals surface area contributed by atoms with Crippen LogP contribution in [0.25, 0.3) is 0 Å². The second-order valence-corrected chi connectivity index (χ2v) is 13.2. The molecule has 0 unspecified atom stereocenters. The van der Waals surface area contributed by atoms with Gasteiger partial charge in [-0.15, -0.1) is 0 Å². The van der Waals surface area contributed by atoms with Crippen molar-refractivity contribution in [1.29, 1.82) is 0 Å². The van der Waals surface area contributed by atoms with Crippen LogP contribution in [0.3, 0.4) is 0 Å². The van der Waals surface area contributed by atoms with E-state index in [4.69, 9.17) is 5.73 Å². The lowest BCUT2D eigenvalue weighted by Crippen LogP contribution is -2.58. The van der Waals surface area contributed by atoms with Gasteiger partial charge in [0.15, 0.2) is 0 Å².